The second-order valence-electron chi connectivity index (χ2n) is 6.93. The molecule has 1 fully saturated rings. The first-order chi connectivity index (χ1) is 13.3. The molecule has 0 aromatic heterocycles. The lowest BCUT2D eigenvalue weighted by Gasteiger charge is -2.19. The largest absolute Gasteiger partial charge is 0.454 e. The number of nitrogens with one attached hydrogen (secondary N) is 2. The summed E-state index contributed by atoms with van der Waals surface area (Å²) in [6.45, 7) is 4.11. The minimum absolute atomic E-state index is 0.302. The van der Waals surface area contributed by atoms with Gasteiger partial charge in [0, 0.05) is 38.9 Å². The molecule has 0 aliphatic carbocycles. The summed E-state index contributed by atoms with van der Waals surface area (Å²) in [6.07, 6.45) is 1.20. The molecule has 142 valence electrons. The average Bonchev–Trinajstić information content (AvgIpc) is 3.38. The topological polar surface area (TPSA) is 58.1 Å². The number of rotatable bonds is 5. The van der Waals surface area contributed by atoms with Crippen molar-refractivity contribution in [2.24, 2.45) is 10.9 Å². The minimum atomic E-state index is 0.302. The summed E-state index contributed by atoms with van der Waals surface area (Å²) in [5, 5.41) is 6.83. The number of hydrogen-bond donors (Lipinski definition) is 2. The number of hydrogen-bond acceptors (Lipinski definition) is 4. The SMILES string of the molecule is CN=C(NCc1ccc2c(c1)OCO2)NCC1CCN(c2ccccc2)C1. The Hall–Kier alpha value is -2.89. The van der Waals surface area contributed by atoms with Crippen molar-refractivity contribution in [2.75, 3.05) is 38.4 Å². The van der Waals surface area contributed by atoms with Crippen LogP contribution in [0.5, 0.6) is 11.5 Å². The molecule has 0 saturated carbocycles. The van der Waals surface area contributed by atoms with Gasteiger partial charge in [0.2, 0.25) is 6.79 Å². The van der Waals surface area contributed by atoms with Crippen molar-refractivity contribution in [1.29, 1.82) is 0 Å². The Kier molecular flexibility index (Phi) is 5.32. The van der Waals surface area contributed by atoms with Crippen LogP contribution in [-0.4, -0.2) is 39.4 Å². The Morgan fingerprint density at radius 1 is 1.11 bits per heavy atom. The highest BCUT2D eigenvalue weighted by Crippen LogP contribution is 2.32. The van der Waals surface area contributed by atoms with Gasteiger partial charge in [-0.05, 0) is 42.2 Å². The van der Waals surface area contributed by atoms with Gasteiger partial charge in [-0.2, -0.15) is 0 Å². The highest BCUT2D eigenvalue weighted by Gasteiger charge is 2.22. The maximum Gasteiger partial charge on any atom is 0.231 e. The fraction of sp³-hybridized carbons (Fsp3) is 0.381. The molecule has 2 heterocycles. The number of ether oxygens (including phenoxy) is 2. The minimum Gasteiger partial charge on any atom is -0.454 e. The molecule has 1 saturated heterocycles. The monoisotopic (exact) mass is 366 g/mol. The summed E-state index contributed by atoms with van der Waals surface area (Å²) in [5.41, 5.74) is 2.45. The van der Waals surface area contributed by atoms with Crippen LogP contribution in [0.15, 0.2) is 53.5 Å². The highest BCUT2D eigenvalue weighted by atomic mass is 16.7. The molecular weight excluding hydrogens is 340 g/mol. The molecule has 2 aromatic carbocycles. The quantitative estimate of drug-likeness (QED) is 0.629. The Bertz CT molecular complexity index is 794. The zero-order valence-electron chi connectivity index (χ0n) is 15.6. The normalized spacial score (nSPS) is 18.6. The van der Waals surface area contributed by atoms with Crippen LogP contribution in [0.2, 0.25) is 0 Å². The lowest BCUT2D eigenvalue weighted by molar-refractivity contribution is 0.174. The van der Waals surface area contributed by atoms with Crippen LogP contribution >= 0.6 is 0 Å². The number of fused-ring (bicyclic) bond motifs is 1. The van der Waals surface area contributed by atoms with Crippen molar-refractivity contribution in [1.82, 2.24) is 10.6 Å². The maximum atomic E-state index is 5.43. The van der Waals surface area contributed by atoms with Crippen LogP contribution < -0.4 is 25.0 Å². The Morgan fingerprint density at radius 3 is 2.81 bits per heavy atom. The molecule has 1 unspecified atom stereocenters. The maximum absolute atomic E-state index is 5.43. The summed E-state index contributed by atoms with van der Waals surface area (Å²) in [6, 6.07) is 16.6. The fourth-order valence-corrected chi connectivity index (χ4v) is 3.57. The third-order valence-corrected chi connectivity index (χ3v) is 5.09. The van der Waals surface area contributed by atoms with E-state index in [4.69, 9.17) is 9.47 Å². The van der Waals surface area contributed by atoms with Crippen molar-refractivity contribution < 1.29 is 9.47 Å². The molecule has 2 aliphatic heterocycles. The number of nitrogens with zero attached hydrogens (tertiary/aromatic N) is 2. The highest BCUT2D eigenvalue weighted by molar-refractivity contribution is 5.79. The zero-order chi connectivity index (χ0) is 18.5. The fourth-order valence-electron chi connectivity index (χ4n) is 3.57. The molecular formula is C21H26N4O2. The molecule has 0 amide bonds. The van der Waals surface area contributed by atoms with Gasteiger partial charge in [-0.15, -0.1) is 0 Å². The second kappa shape index (κ2) is 8.20. The molecule has 0 bridgehead atoms. The molecule has 6 nitrogen and oxygen atoms in total. The van der Waals surface area contributed by atoms with Gasteiger partial charge in [-0.3, -0.25) is 4.99 Å². The second-order valence-corrected chi connectivity index (χ2v) is 6.93. The van der Waals surface area contributed by atoms with Crippen LogP contribution in [0.25, 0.3) is 0 Å². The first-order valence-electron chi connectivity index (χ1n) is 9.45. The molecule has 1 atom stereocenters. The van der Waals surface area contributed by atoms with Gasteiger partial charge in [0.25, 0.3) is 0 Å². The smallest absolute Gasteiger partial charge is 0.231 e. The van der Waals surface area contributed by atoms with Crippen LogP contribution in [0.1, 0.15) is 12.0 Å². The van der Waals surface area contributed by atoms with Crippen molar-refractivity contribution >= 4 is 11.6 Å². The predicted molar refractivity (Wildman–Crippen MR) is 108 cm³/mol. The van der Waals surface area contributed by atoms with Gasteiger partial charge in [0.15, 0.2) is 17.5 Å². The first kappa shape index (κ1) is 17.5. The number of anilines is 1. The first-order valence-corrected chi connectivity index (χ1v) is 9.45. The summed E-state index contributed by atoms with van der Waals surface area (Å²) < 4.78 is 10.8. The summed E-state index contributed by atoms with van der Waals surface area (Å²) >= 11 is 0. The van der Waals surface area contributed by atoms with E-state index in [1.807, 2.05) is 18.2 Å². The van der Waals surface area contributed by atoms with Crippen LogP contribution in [0.4, 0.5) is 5.69 Å². The van der Waals surface area contributed by atoms with Crippen molar-refractivity contribution in [3.8, 4) is 11.5 Å². The van der Waals surface area contributed by atoms with E-state index in [2.05, 4.69) is 50.9 Å². The Morgan fingerprint density at radius 2 is 1.96 bits per heavy atom. The van der Waals surface area contributed by atoms with E-state index < -0.39 is 0 Å². The molecule has 4 rings (SSSR count). The molecule has 27 heavy (non-hydrogen) atoms. The van der Waals surface area contributed by atoms with Gasteiger partial charge in [0.05, 0.1) is 0 Å². The van der Waals surface area contributed by atoms with E-state index in [-0.39, 0.29) is 0 Å². The molecule has 2 N–H and O–H groups in total. The number of para-hydroxylation sites is 1. The molecule has 0 radical (unpaired) electrons. The van der Waals surface area contributed by atoms with Crippen molar-refractivity contribution in [2.45, 2.75) is 13.0 Å². The van der Waals surface area contributed by atoms with Crippen LogP contribution in [0.3, 0.4) is 0 Å². The van der Waals surface area contributed by atoms with E-state index >= 15 is 0 Å². The van der Waals surface area contributed by atoms with Gasteiger partial charge < -0.3 is 25.0 Å². The third-order valence-electron chi connectivity index (χ3n) is 5.09. The molecule has 6 heteroatoms. The van der Waals surface area contributed by atoms with E-state index in [0.29, 0.717) is 19.3 Å². The van der Waals surface area contributed by atoms with Crippen molar-refractivity contribution in [3.05, 3.63) is 54.1 Å². The van der Waals surface area contributed by atoms with Crippen LogP contribution in [-0.2, 0) is 6.54 Å². The molecule has 2 aliphatic rings. The lowest BCUT2D eigenvalue weighted by atomic mass is 10.1. The lowest BCUT2D eigenvalue weighted by Crippen LogP contribution is -2.39. The van der Waals surface area contributed by atoms with Gasteiger partial charge >= 0.3 is 0 Å². The third kappa shape index (κ3) is 4.27. The Labute approximate surface area is 160 Å². The Balaban J connectivity index is 1.24. The van der Waals surface area contributed by atoms with E-state index in [9.17, 15) is 0 Å². The van der Waals surface area contributed by atoms with Crippen molar-refractivity contribution in [3.63, 3.8) is 0 Å². The summed E-state index contributed by atoms with van der Waals surface area (Å²) in [4.78, 5) is 6.79. The summed E-state index contributed by atoms with van der Waals surface area (Å²) in [7, 11) is 1.81. The molecule has 0 spiro atoms. The standard InChI is InChI=1S/C21H26N4O2/c1-22-21(23-12-16-7-8-19-20(11-16)27-15-26-19)24-13-17-9-10-25(14-17)18-5-3-2-4-6-18/h2-8,11,17H,9-10,12-15H2,1H3,(H2,22,23,24). The van der Waals surface area contributed by atoms with Gasteiger partial charge in [0.1, 0.15) is 0 Å². The number of aliphatic imine (C=N–C) groups is 1. The van der Waals surface area contributed by atoms with E-state index in [0.717, 1.165) is 42.7 Å². The predicted octanol–water partition coefficient (Wildman–Crippen LogP) is 2.61. The summed E-state index contributed by atoms with van der Waals surface area (Å²) in [5.74, 6) is 3.06. The van der Waals surface area contributed by atoms with Gasteiger partial charge in [-0.25, -0.2) is 0 Å². The van der Waals surface area contributed by atoms with Gasteiger partial charge in [-0.1, -0.05) is 24.3 Å². The van der Waals surface area contributed by atoms with E-state index in [1.54, 1.807) is 7.05 Å². The van der Waals surface area contributed by atoms with E-state index in [1.165, 1.54) is 12.1 Å². The molecule has 2 aromatic rings. The number of guanidine groups is 1. The van der Waals surface area contributed by atoms with Crippen LogP contribution in [0, 0.1) is 5.92 Å². The zero-order valence-corrected chi connectivity index (χ0v) is 15.6. The average molecular weight is 366 g/mol. The number of benzene rings is 2.